The van der Waals surface area contributed by atoms with Crippen molar-refractivity contribution < 1.29 is 101 Å². The number of aliphatic hydroxyl groups is 2. The Morgan fingerprint density at radius 3 is 1.20 bits per heavy atom. The van der Waals surface area contributed by atoms with E-state index in [1.807, 2.05) is 0 Å². The zero-order valence-corrected chi connectivity index (χ0v) is 15.7. The van der Waals surface area contributed by atoms with Crippen LogP contribution in [0.5, 0.6) is 0 Å². The largest absolute Gasteiger partial charge is 0.423 e. The van der Waals surface area contributed by atoms with E-state index in [1.54, 1.807) is 0 Å². The van der Waals surface area contributed by atoms with Crippen LogP contribution in [0.4, 0.5) is 52.7 Å². The van der Waals surface area contributed by atoms with Crippen molar-refractivity contribution in [3.05, 3.63) is 0 Å². The van der Waals surface area contributed by atoms with Crippen molar-refractivity contribution in [3.63, 3.8) is 0 Å². The van der Waals surface area contributed by atoms with Crippen molar-refractivity contribution in [3.8, 4) is 0 Å². The summed E-state index contributed by atoms with van der Waals surface area (Å²) in [4.78, 5) is 0. The van der Waals surface area contributed by atoms with E-state index >= 15 is 0 Å². The van der Waals surface area contributed by atoms with Crippen molar-refractivity contribution in [1.29, 1.82) is 0 Å². The molecule has 0 amide bonds. The van der Waals surface area contributed by atoms with Crippen LogP contribution in [0.3, 0.4) is 0 Å². The molecule has 183 valence electrons. The van der Waals surface area contributed by atoms with Crippen LogP contribution in [0.15, 0.2) is 0 Å². The van der Waals surface area contributed by atoms with Gasteiger partial charge in [0.1, 0.15) is 0 Å². The molecule has 2 saturated heterocycles. The van der Waals surface area contributed by atoms with Gasteiger partial charge in [0, 0.05) is 33.5 Å². The average molecular weight is 569 g/mol. The molecule has 0 saturated carbocycles. The van der Waals surface area contributed by atoms with Crippen LogP contribution in [-0.4, -0.2) is 71.8 Å². The Labute approximate surface area is 170 Å². The van der Waals surface area contributed by atoms with Gasteiger partial charge in [-0.2, -0.15) is 43.9 Å². The van der Waals surface area contributed by atoms with Crippen LogP contribution in [0.25, 0.3) is 0 Å². The molecule has 2 heterocycles. The molecule has 0 bridgehead atoms. The molecule has 30 heavy (non-hydrogen) atoms. The minimum atomic E-state index is -7.01. The molecule has 4 atom stereocenters. The fraction of sp³-hybridized carbons (Fsp3) is 1.00. The van der Waals surface area contributed by atoms with Crippen molar-refractivity contribution >= 4 is 0 Å². The first kappa shape index (κ1) is 29.5. The summed E-state index contributed by atoms with van der Waals surface area (Å²) in [6.45, 7) is -0.297. The fourth-order valence-corrected chi connectivity index (χ4v) is 1.97. The molecule has 0 aromatic rings. The molecule has 0 spiro atoms. The van der Waals surface area contributed by atoms with Crippen LogP contribution in [-0.2, 0) is 38.4 Å². The molecule has 0 aliphatic carbocycles. The van der Waals surface area contributed by atoms with Gasteiger partial charge >= 0.3 is 36.0 Å². The van der Waals surface area contributed by atoms with E-state index in [0.29, 0.717) is 0 Å². The monoisotopic (exact) mass is 569 g/mol. The minimum Gasteiger partial charge on any atom is -0.400 e. The van der Waals surface area contributed by atoms with Crippen LogP contribution in [0.2, 0.25) is 0 Å². The van der Waals surface area contributed by atoms with Crippen molar-refractivity contribution in [1.82, 2.24) is 0 Å². The minimum absolute atomic E-state index is 0. The molecule has 2 N–H and O–H groups in total. The Bertz CT molecular complexity index is 562. The second-order valence-electron chi connectivity index (χ2n) is 5.48. The summed E-state index contributed by atoms with van der Waals surface area (Å²) in [5, 5.41) is 15.1. The average Bonchev–Trinajstić information content (AvgIpc) is 2.93. The normalized spacial score (nSPS) is 36.0. The summed E-state index contributed by atoms with van der Waals surface area (Å²) in [7, 11) is 1.00. The molecule has 0 aromatic carbocycles. The van der Waals surface area contributed by atoms with Crippen molar-refractivity contribution in [2.45, 2.75) is 61.4 Å². The van der Waals surface area contributed by atoms with Crippen LogP contribution < -0.4 is 0 Å². The van der Waals surface area contributed by atoms with E-state index < -0.39 is 54.5 Å². The number of ether oxygens (including phenoxy) is 4. The molecule has 4 unspecified atom stereocenters. The molecule has 6 nitrogen and oxygen atoms in total. The Kier molecular flexibility index (Phi) is 8.03. The summed E-state index contributed by atoms with van der Waals surface area (Å²) >= 11 is 0. The molecular weight excluding hydrogens is 559 g/mol. The molecule has 1 radical (unpaired) electrons. The van der Waals surface area contributed by atoms with Gasteiger partial charge in [-0.15, -0.1) is 0 Å². The second kappa shape index (κ2) is 8.15. The molecule has 2 aliphatic heterocycles. The first-order chi connectivity index (χ1) is 12.6. The first-order valence-electron chi connectivity index (χ1n) is 6.78. The number of alkyl halides is 12. The fourth-order valence-electron chi connectivity index (χ4n) is 1.97. The molecule has 19 heteroatoms. The number of halogens is 12. The molecule has 2 fully saturated rings. The van der Waals surface area contributed by atoms with Gasteiger partial charge in [0.2, 0.25) is 6.29 Å². The third-order valence-electron chi connectivity index (χ3n) is 3.30. The number of hydrogen-bond donors (Lipinski definition) is 2. The Morgan fingerprint density at radius 2 is 0.967 bits per heavy atom. The number of hydrogen-bond acceptors (Lipinski definition) is 6. The predicted molar refractivity (Wildman–Crippen MR) is 60.4 cm³/mol. The zero-order valence-electron chi connectivity index (χ0n) is 14.1. The maximum atomic E-state index is 14.2. The third-order valence-corrected chi connectivity index (χ3v) is 3.30. The standard InChI is InChI=1S/C10H6F12O5.CH4O.Rh/c1-4(11,12)2-24-7(17,9(19,20)26-2)6(15,16)8(18)10(21,22)27-3(25-8)5(13,14)23;1-2;/h2-3,23H,1H3;2H,1H3;. The summed E-state index contributed by atoms with van der Waals surface area (Å²) in [5.41, 5.74) is 0. The van der Waals surface area contributed by atoms with E-state index in [-0.39, 0.29) is 26.4 Å². The SMILES string of the molecule is CC(F)(F)C1OC(F)(F)C(F)(C(F)(F)C2(F)OC(C(O)(F)F)OC2(F)F)O1.CO.[Rh]. The van der Waals surface area contributed by atoms with Crippen LogP contribution >= 0.6 is 0 Å². The summed E-state index contributed by atoms with van der Waals surface area (Å²) in [6, 6.07) is 0. The summed E-state index contributed by atoms with van der Waals surface area (Å²) < 4.78 is 172. The number of aliphatic hydroxyl groups excluding tert-OH is 1. The smallest absolute Gasteiger partial charge is 0.400 e. The molecule has 2 aliphatic rings. The summed E-state index contributed by atoms with van der Waals surface area (Å²) in [5.74, 6) is -24.5. The Balaban J connectivity index is 0.00000272. The van der Waals surface area contributed by atoms with E-state index in [9.17, 15) is 52.7 Å². The third kappa shape index (κ3) is 4.25. The van der Waals surface area contributed by atoms with Gasteiger partial charge in [-0.3, -0.25) is 18.9 Å². The number of rotatable bonds is 4. The van der Waals surface area contributed by atoms with Crippen LogP contribution in [0.1, 0.15) is 6.92 Å². The molecule has 2 rings (SSSR count). The van der Waals surface area contributed by atoms with Gasteiger partial charge in [0.25, 0.3) is 12.2 Å². The zero-order chi connectivity index (χ0) is 23.5. The van der Waals surface area contributed by atoms with Crippen molar-refractivity contribution in [2.75, 3.05) is 7.11 Å². The second-order valence-corrected chi connectivity index (χ2v) is 5.48. The van der Waals surface area contributed by atoms with Gasteiger partial charge in [-0.05, 0) is 0 Å². The van der Waals surface area contributed by atoms with E-state index in [0.717, 1.165) is 7.11 Å². The van der Waals surface area contributed by atoms with E-state index in [4.69, 9.17) is 10.2 Å². The van der Waals surface area contributed by atoms with E-state index in [2.05, 4.69) is 18.9 Å². The molecular formula is C11H10F12O6Rh. The topological polar surface area (TPSA) is 77.4 Å². The van der Waals surface area contributed by atoms with E-state index in [1.165, 1.54) is 0 Å². The summed E-state index contributed by atoms with van der Waals surface area (Å²) in [6.07, 6.45) is -26.1. The van der Waals surface area contributed by atoms with Crippen LogP contribution in [0, 0.1) is 0 Å². The Hall–Kier alpha value is -0.457. The van der Waals surface area contributed by atoms with Gasteiger partial charge in [0.05, 0.1) is 0 Å². The van der Waals surface area contributed by atoms with Gasteiger partial charge < -0.3 is 10.2 Å². The quantitative estimate of drug-likeness (QED) is 0.401. The maximum Gasteiger partial charge on any atom is 0.423 e. The van der Waals surface area contributed by atoms with Gasteiger partial charge in [-0.25, -0.2) is 8.78 Å². The predicted octanol–water partition coefficient (Wildman–Crippen LogP) is 2.73. The van der Waals surface area contributed by atoms with Gasteiger partial charge in [-0.1, -0.05) is 0 Å². The maximum absolute atomic E-state index is 14.2. The van der Waals surface area contributed by atoms with Gasteiger partial charge in [0.15, 0.2) is 0 Å². The molecule has 0 aromatic heterocycles. The van der Waals surface area contributed by atoms with Crippen molar-refractivity contribution in [2.24, 2.45) is 0 Å². The first-order valence-corrected chi connectivity index (χ1v) is 6.78. The Morgan fingerprint density at radius 1 is 0.667 bits per heavy atom.